The summed E-state index contributed by atoms with van der Waals surface area (Å²) in [6.45, 7) is 3.22. The number of rotatable bonds is 2. The topological polar surface area (TPSA) is 52.6 Å². The molecule has 0 aromatic rings. The van der Waals surface area contributed by atoms with Gasteiger partial charge in [0.25, 0.3) is 0 Å². The Morgan fingerprint density at radius 1 is 1.82 bits per heavy atom. The third-order valence-corrected chi connectivity index (χ3v) is 1.03. The van der Waals surface area contributed by atoms with E-state index in [1.807, 2.05) is 0 Å². The van der Waals surface area contributed by atoms with Gasteiger partial charge in [-0.05, 0) is 0 Å². The van der Waals surface area contributed by atoms with E-state index in [2.05, 4.69) is 16.1 Å². The highest BCUT2D eigenvalue weighted by Gasteiger charge is 2.15. The smallest absolute Gasteiger partial charge is 0.335 e. The Bertz CT molecular complexity index is 239. The van der Waals surface area contributed by atoms with E-state index in [4.69, 9.17) is 0 Å². The van der Waals surface area contributed by atoms with Crippen LogP contribution in [0.15, 0.2) is 24.5 Å². The van der Waals surface area contributed by atoms with E-state index in [0.717, 1.165) is 12.2 Å². The maximum absolute atomic E-state index is 10.5. The molecule has 1 aliphatic heterocycles. The van der Waals surface area contributed by atoms with Crippen LogP contribution in [-0.4, -0.2) is 18.5 Å². The molecule has 1 aliphatic rings. The summed E-state index contributed by atoms with van der Waals surface area (Å²) in [5.41, 5.74) is 0. The predicted molar refractivity (Wildman–Crippen MR) is 35.3 cm³/mol. The maximum atomic E-state index is 10.5. The molecule has 0 bridgehead atoms. The van der Waals surface area contributed by atoms with E-state index in [0.29, 0.717) is 0 Å². The summed E-state index contributed by atoms with van der Waals surface area (Å²) in [6.07, 6.45) is 2.14. The quantitative estimate of drug-likeness (QED) is 0.420. The van der Waals surface area contributed by atoms with Crippen LogP contribution in [0, 0.1) is 0 Å². The first-order chi connectivity index (χ1) is 5.22. The van der Waals surface area contributed by atoms with Crippen LogP contribution < -0.4 is 0 Å². The van der Waals surface area contributed by atoms with Crippen LogP contribution in [-0.2, 0) is 19.1 Å². The van der Waals surface area contributed by atoms with Crippen LogP contribution in [0.2, 0.25) is 0 Å². The normalized spacial score (nSPS) is 15.3. The first kappa shape index (κ1) is 7.53. The fourth-order valence-electron chi connectivity index (χ4n) is 0.587. The van der Waals surface area contributed by atoms with Gasteiger partial charge >= 0.3 is 11.9 Å². The highest BCUT2D eigenvalue weighted by molar-refractivity contribution is 5.87. The summed E-state index contributed by atoms with van der Waals surface area (Å²) in [6, 6.07) is 0. The lowest BCUT2D eigenvalue weighted by molar-refractivity contribution is -0.138. The molecule has 1 rings (SSSR count). The molecule has 0 N–H and O–H groups in total. The van der Waals surface area contributed by atoms with Gasteiger partial charge in [-0.15, -0.1) is 0 Å². The third kappa shape index (κ3) is 1.93. The largest absolute Gasteiger partial charge is 0.454 e. The molecule has 0 unspecified atom stereocenters. The second-order valence-electron chi connectivity index (χ2n) is 1.84. The van der Waals surface area contributed by atoms with Crippen molar-refractivity contribution in [2.45, 2.75) is 0 Å². The lowest BCUT2D eigenvalue weighted by Gasteiger charge is -1.97. The second-order valence-corrected chi connectivity index (χ2v) is 1.84. The Kier molecular flexibility index (Phi) is 2.06. The Labute approximate surface area is 63.1 Å². The third-order valence-electron chi connectivity index (χ3n) is 1.03. The van der Waals surface area contributed by atoms with Gasteiger partial charge in [-0.3, -0.25) is 0 Å². The van der Waals surface area contributed by atoms with Gasteiger partial charge in [0.15, 0.2) is 5.76 Å². The van der Waals surface area contributed by atoms with Crippen molar-refractivity contribution in [3.63, 3.8) is 0 Å². The lowest BCUT2D eigenvalue weighted by Crippen LogP contribution is -2.01. The molecule has 11 heavy (non-hydrogen) atoms. The van der Waals surface area contributed by atoms with Crippen molar-refractivity contribution in [3.05, 3.63) is 24.5 Å². The molecule has 0 atom stereocenters. The SMILES string of the molecule is C=CC(=O)OC1=CC(=O)OC1. The van der Waals surface area contributed by atoms with Gasteiger partial charge in [-0.2, -0.15) is 0 Å². The highest BCUT2D eigenvalue weighted by atomic mass is 16.6. The van der Waals surface area contributed by atoms with Crippen molar-refractivity contribution >= 4 is 11.9 Å². The molecule has 0 saturated carbocycles. The van der Waals surface area contributed by atoms with Crippen LogP contribution in [0.3, 0.4) is 0 Å². The van der Waals surface area contributed by atoms with E-state index in [1.165, 1.54) is 0 Å². The van der Waals surface area contributed by atoms with Gasteiger partial charge in [0, 0.05) is 6.08 Å². The summed E-state index contributed by atoms with van der Waals surface area (Å²) < 4.78 is 9.06. The van der Waals surface area contributed by atoms with Crippen molar-refractivity contribution in [1.82, 2.24) is 0 Å². The minimum Gasteiger partial charge on any atom is -0.454 e. The van der Waals surface area contributed by atoms with Crippen molar-refractivity contribution < 1.29 is 19.1 Å². The number of hydrogen-bond donors (Lipinski definition) is 0. The molecular formula is C7H6O4. The van der Waals surface area contributed by atoms with E-state index in [-0.39, 0.29) is 12.4 Å². The number of carbonyl (C=O) groups is 2. The van der Waals surface area contributed by atoms with Gasteiger partial charge in [0.05, 0.1) is 6.08 Å². The molecule has 0 spiro atoms. The van der Waals surface area contributed by atoms with Crippen molar-refractivity contribution in [2.75, 3.05) is 6.61 Å². The fraction of sp³-hybridized carbons (Fsp3) is 0.143. The van der Waals surface area contributed by atoms with Crippen LogP contribution >= 0.6 is 0 Å². The molecule has 1 heterocycles. The Morgan fingerprint density at radius 2 is 2.55 bits per heavy atom. The number of esters is 2. The number of carbonyl (C=O) groups excluding carboxylic acids is 2. The average molecular weight is 154 g/mol. The molecular weight excluding hydrogens is 148 g/mol. The Hall–Kier alpha value is -1.58. The molecule has 58 valence electrons. The van der Waals surface area contributed by atoms with Gasteiger partial charge in [0.2, 0.25) is 0 Å². The number of cyclic esters (lactones) is 1. The fourth-order valence-corrected chi connectivity index (χ4v) is 0.587. The predicted octanol–water partition coefficient (Wildman–Crippen LogP) is 0.156. The van der Waals surface area contributed by atoms with E-state index >= 15 is 0 Å². The second kappa shape index (κ2) is 3.01. The Morgan fingerprint density at radius 3 is 3.00 bits per heavy atom. The highest BCUT2D eigenvalue weighted by Crippen LogP contribution is 2.07. The number of hydrogen-bond acceptors (Lipinski definition) is 4. The van der Waals surface area contributed by atoms with Crippen molar-refractivity contribution in [1.29, 1.82) is 0 Å². The monoisotopic (exact) mass is 154 g/mol. The van der Waals surface area contributed by atoms with E-state index in [9.17, 15) is 9.59 Å². The molecule has 0 radical (unpaired) electrons. The van der Waals surface area contributed by atoms with Crippen molar-refractivity contribution in [2.24, 2.45) is 0 Å². The summed E-state index contributed by atoms with van der Waals surface area (Å²) in [5.74, 6) is -0.855. The summed E-state index contributed by atoms with van der Waals surface area (Å²) in [7, 11) is 0. The zero-order valence-electron chi connectivity index (χ0n) is 5.70. The first-order valence-electron chi connectivity index (χ1n) is 2.94. The molecule has 0 saturated heterocycles. The number of ether oxygens (including phenoxy) is 2. The van der Waals surface area contributed by atoms with Crippen molar-refractivity contribution in [3.8, 4) is 0 Å². The first-order valence-corrected chi connectivity index (χ1v) is 2.94. The standard InChI is InChI=1S/C7H6O4/c1-2-6(8)11-5-3-7(9)10-4-5/h2-3H,1,4H2. The molecule has 0 aromatic carbocycles. The van der Waals surface area contributed by atoms with Crippen LogP contribution in [0.25, 0.3) is 0 Å². The molecule has 4 heteroatoms. The minimum atomic E-state index is -0.588. The van der Waals surface area contributed by atoms with Crippen LogP contribution in [0.5, 0.6) is 0 Å². The lowest BCUT2D eigenvalue weighted by atomic mass is 10.5. The average Bonchev–Trinajstić information content (AvgIpc) is 2.35. The van der Waals surface area contributed by atoms with Crippen LogP contribution in [0.4, 0.5) is 0 Å². The summed E-state index contributed by atoms with van der Waals surface area (Å²) in [4.78, 5) is 20.9. The molecule has 4 nitrogen and oxygen atoms in total. The molecule has 0 fully saturated rings. The molecule has 0 aromatic heterocycles. The van der Waals surface area contributed by atoms with Gasteiger partial charge in [0.1, 0.15) is 6.61 Å². The summed E-state index contributed by atoms with van der Waals surface area (Å²) in [5, 5.41) is 0. The van der Waals surface area contributed by atoms with Gasteiger partial charge < -0.3 is 9.47 Å². The zero-order chi connectivity index (χ0) is 8.27. The van der Waals surface area contributed by atoms with E-state index in [1.54, 1.807) is 0 Å². The zero-order valence-corrected chi connectivity index (χ0v) is 5.70. The Balaban J connectivity index is 2.50. The maximum Gasteiger partial charge on any atom is 0.335 e. The van der Waals surface area contributed by atoms with Gasteiger partial charge in [-0.25, -0.2) is 9.59 Å². The summed E-state index contributed by atoms with van der Waals surface area (Å²) >= 11 is 0. The van der Waals surface area contributed by atoms with Crippen LogP contribution in [0.1, 0.15) is 0 Å². The minimum absolute atomic E-state index is 0.0262. The molecule has 0 aliphatic carbocycles. The molecule has 0 amide bonds. The van der Waals surface area contributed by atoms with Gasteiger partial charge in [-0.1, -0.05) is 6.58 Å². The van der Waals surface area contributed by atoms with E-state index < -0.39 is 11.9 Å².